The molecular formula is C11H8N4. The quantitative estimate of drug-likeness (QED) is 0.596. The van der Waals surface area contributed by atoms with E-state index in [1.165, 1.54) is 0 Å². The van der Waals surface area contributed by atoms with Crippen LogP contribution in [0.2, 0.25) is 0 Å². The maximum atomic E-state index is 4.30. The van der Waals surface area contributed by atoms with Crippen LogP contribution in [0.1, 0.15) is 0 Å². The Labute approximate surface area is 86.2 Å². The van der Waals surface area contributed by atoms with Crippen LogP contribution < -0.4 is 0 Å². The van der Waals surface area contributed by atoms with E-state index in [-0.39, 0.29) is 0 Å². The van der Waals surface area contributed by atoms with Gasteiger partial charge in [-0.1, -0.05) is 0 Å². The Bertz CT molecular complexity index is 586. The van der Waals surface area contributed by atoms with E-state index in [1.807, 2.05) is 30.6 Å². The van der Waals surface area contributed by atoms with Crippen LogP contribution in [0.15, 0.2) is 49.2 Å². The molecule has 3 rings (SSSR count). The molecular weight excluding hydrogens is 188 g/mol. The molecule has 0 aliphatic heterocycles. The summed E-state index contributed by atoms with van der Waals surface area (Å²) in [5, 5.41) is 4.14. The predicted molar refractivity (Wildman–Crippen MR) is 56.2 cm³/mol. The van der Waals surface area contributed by atoms with Crippen LogP contribution >= 0.6 is 0 Å². The molecule has 0 saturated carbocycles. The summed E-state index contributed by atoms with van der Waals surface area (Å²) < 4.78 is 1.76. The summed E-state index contributed by atoms with van der Waals surface area (Å²) in [7, 11) is 0. The Balaban J connectivity index is 2.19. The molecule has 3 aromatic rings. The molecule has 0 fully saturated rings. The minimum Gasteiger partial charge on any atom is -0.265 e. The van der Waals surface area contributed by atoms with Gasteiger partial charge in [0, 0.05) is 36.4 Å². The van der Waals surface area contributed by atoms with E-state index >= 15 is 0 Å². The van der Waals surface area contributed by atoms with E-state index < -0.39 is 0 Å². The van der Waals surface area contributed by atoms with Crippen molar-refractivity contribution in [3.63, 3.8) is 0 Å². The fraction of sp³-hybridized carbons (Fsp3) is 0. The number of aromatic nitrogens is 4. The molecule has 0 saturated heterocycles. The molecule has 0 aromatic carbocycles. The lowest BCUT2D eigenvalue weighted by Gasteiger charge is -2.00. The van der Waals surface area contributed by atoms with Crippen LogP contribution in [-0.4, -0.2) is 19.6 Å². The first-order valence-corrected chi connectivity index (χ1v) is 4.63. The number of rotatable bonds is 1. The van der Waals surface area contributed by atoms with Crippen molar-refractivity contribution in [3.05, 3.63) is 49.2 Å². The zero-order valence-corrected chi connectivity index (χ0v) is 7.91. The minimum atomic E-state index is 0.854. The van der Waals surface area contributed by atoms with Crippen molar-refractivity contribution in [1.29, 1.82) is 0 Å². The summed E-state index contributed by atoms with van der Waals surface area (Å²) >= 11 is 0. The topological polar surface area (TPSA) is 43.1 Å². The van der Waals surface area contributed by atoms with Crippen molar-refractivity contribution in [2.45, 2.75) is 0 Å². The molecule has 15 heavy (non-hydrogen) atoms. The Kier molecular flexibility index (Phi) is 1.71. The lowest BCUT2D eigenvalue weighted by molar-refractivity contribution is 0.941. The Morgan fingerprint density at radius 1 is 0.933 bits per heavy atom. The fourth-order valence-corrected chi connectivity index (χ4v) is 1.50. The number of hydrogen-bond donors (Lipinski definition) is 0. The summed E-state index contributed by atoms with van der Waals surface area (Å²) in [5.41, 5.74) is 2.98. The second-order valence-corrected chi connectivity index (χ2v) is 3.21. The average Bonchev–Trinajstić information content (AvgIpc) is 2.77. The lowest BCUT2D eigenvalue weighted by atomic mass is 10.1. The molecule has 3 aromatic heterocycles. The van der Waals surface area contributed by atoms with Crippen molar-refractivity contribution in [2.24, 2.45) is 0 Å². The van der Waals surface area contributed by atoms with Crippen molar-refractivity contribution in [1.82, 2.24) is 19.6 Å². The molecule has 0 aliphatic rings. The fourth-order valence-electron chi connectivity index (χ4n) is 1.50. The highest BCUT2D eigenvalue weighted by molar-refractivity contribution is 5.61. The molecule has 0 N–H and O–H groups in total. The van der Waals surface area contributed by atoms with Gasteiger partial charge in [0.2, 0.25) is 0 Å². The van der Waals surface area contributed by atoms with Crippen LogP contribution in [0.25, 0.3) is 16.8 Å². The summed E-state index contributed by atoms with van der Waals surface area (Å²) in [6.45, 7) is 0. The van der Waals surface area contributed by atoms with Gasteiger partial charge in [0.25, 0.3) is 0 Å². The van der Waals surface area contributed by atoms with Crippen LogP contribution in [0, 0.1) is 0 Å². The molecule has 0 amide bonds. The SMILES string of the molecule is c1cc(-c2cnc3ccnn3c2)ccn1. The molecule has 0 radical (unpaired) electrons. The summed E-state index contributed by atoms with van der Waals surface area (Å²) in [5.74, 6) is 0. The second kappa shape index (κ2) is 3.16. The zero-order valence-electron chi connectivity index (χ0n) is 7.91. The number of pyridine rings is 1. The minimum absolute atomic E-state index is 0.854. The zero-order chi connectivity index (χ0) is 10.1. The Morgan fingerprint density at radius 2 is 1.80 bits per heavy atom. The average molecular weight is 196 g/mol. The molecule has 0 bridgehead atoms. The Morgan fingerprint density at radius 3 is 2.67 bits per heavy atom. The van der Waals surface area contributed by atoms with E-state index in [0.29, 0.717) is 0 Å². The van der Waals surface area contributed by atoms with Crippen molar-refractivity contribution >= 4 is 5.65 Å². The van der Waals surface area contributed by atoms with Gasteiger partial charge >= 0.3 is 0 Å². The molecule has 4 heteroatoms. The molecule has 0 unspecified atom stereocenters. The largest absolute Gasteiger partial charge is 0.265 e. The van der Waals surface area contributed by atoms with Crippen molar-refractivity contribution in [2.75, 3.05) is 0 Å². The molecule has 4 nitrogen and oxygen atoms in total. The van der Waals surface area contributed by atoms with Gasteiger partial charge in [0.15, 0.2) is 5.65 Å². The first-order chi connectivity index (χ1) is 7.43. The van der Waals surface area contributed by atoms with Gasteiger partial charge in [0.05, 0.1) is 6.20 Å². The highest BCUT2D eigenvalue weighted by Gasteiger charge is 1.99. The predicted octanol–water partition coefficient (Wildman–Crippen LogP) is 1.79. The summed E-state index contributed by atoms with van der Waals surface area (Å²) in [4.78, 5) is 8.28. The van der Waals surface area contributed by atoms with Gasteiger partial charge in [-0.05, 0) is 17.7 Å². The first-order valence-electron chi connectivity index (χ1n) is 4.63. The van der Waals surface area contributed by atoms with Gasteiger partial charge < -0.3 is 0 Å². The van der Waals surface area contributed by atoms with E-state index in [0.717, 1.165) is 16.8 Å². The standard InChI is InChI=1S/C11H8N4/c1-4-12-5-2-9(1)10-7-13-11-3-6-14-15(11)8-10/h1-8H. The maximum Gasteiger partial charge on any atom is 0.154 e. The van der Waals surface area contributed by atoms with Gasteiger partial charge in [-0.2, -0.15) is 5.10 Å². The summed E-state index contributed by atoms with van der Waals surface area (Å²) in [6, 6.07) is 5.77. The molecule has 0 spiro atoms. The van der Waals surface area contributed by atoms with E-state index in [2.05, 4.69) is 15.1 Å². The molecule has 3 heterocycles. The normalized spacial score (nSPS) is 10.7. The highest BCUT2D eigenvalue weighted by atomic mass is 15.2. The van der Waals surface area contributed by atoms with Crippen LogP contribution in [-0.2, 0) is 0 Å². The van der Waals surface area contributed by atoms with Crippen molar-refractivity contribution in [3.8, 4) is 11.1 Å². The van der Waals surface area contributed by atoms with E-state index in [4.69, 9.17) is 0 Å². The van der Waals surface area contributed by atoms with Gasteiger partial charge in [-0.3, -0.25) is 4.98 Å². The van der Waals surface area contributed by atoms with Crippen LogP contribution in [0.5, 0.6) is 0 Å². The third-order valence-corrected chi connectivity index (χ3v) is 2.26. The van der Waals surface area contributed by atoms with Crippen LogP contribution in [0.4, 0.5) is 0 Å². The van der Waals surface area contributed by atoms with Gasteiger partial charge in [-0.15, -0.1) is 0 Å². The third kappa shape index (κ3) is 1.36. The highest BCUT2D eigenvalue weighted by Crippen LogP contribution is 2.16. The number of nitrogens with zero attached hydrogens (tertiary/aromatic N) is 4. The molecule has 72 valence electrons. The smallest absolute Gasteiger partial charge is 0.154 e. The van der Waals surface area contributed by atoms with Gasteiger partial charge in [-0.25, -0.2) is 9.50 Å². The second-order valence-electron chi connectivity index (χ2n) is 3.21. The lowest BCUT2D eigenvalue weighted by Crippen LogP contribution is -1.90. The van der Waals surface area contributed by atoms with Crippen molar-refractivity contribution < 1.29 is 0 Å². The third-order valence-electron chi connectivity index (χ3n) is 2.26. The van der Waals surface area contributed by atoms with Gasteiger partial charge in [0.1, 0.15) is 0 Å². The van der Waals surface area contributed by atoms with E-state index in [9.17, 15) is 0 Å². The monoisotopic (exact) mass is 196 g/mol. The Hall–Kier alpha value is -2.23. The number of hydrogen-bond acceptors (Lipinski definition) is 3. The maximum absolute atomic E-state index is 4.30. The first kappa shape index (κ1) is 8.11. The molecule has 0 atom stereocenters. The van der Waals surface area contributed by atoms with E-state index in [1.54, 1.807) is 23.1 Å². The van der Waals surface area contributed by atoms with Crippen LogP contribution in [0.3, 0.4) is 0 Å². The molecule has 0 aliphatic carbocycles. The summed E-state index contributed by atoms with van der Waals surface area (Å²) in [6.07, 6.45) is 9.06. The number of fused-ring (bicyclic) bond motifs is 1.